The Morgan fingerprint density at radius 2 is 2.12 bits per heavy atom. The first-order valence-corrected chi connectivity index (χ1v) is 7.42. The second-order valence-electron chi connectivity index (χ2n) is 5.08. The second kappa shape index (κ2) is 7.27. The van der Waals surface area contributed by atoms with Crippen LogP contribution in [0.4, 0.5) is 0 Å². The van der Waals surface area contributed by atoms with Gasteiger partial charge in [-0.25, -0.2) is 9.78 Å². The van der Waals surface area contributed by atoms with Crippen LogP contribution in [0.15, 0.2) is 54.9 Å². The maximum absolute atomic E-state index is 11.7. The van der Waals surface area contributed by atoms with E-state index < -0.39 is 5.97 Å². The fourth-order valence-corrected chi connectivity index (χ4v) is 2.24. The number of methoxy groups -OCH3 is 1. The van der Waals surface area contributed by atoms with Crippen molar-refractivity contribution < 1.29 is 14.3 Å². The van der Waals surface area contributed by atoms with Crippen LogP contribution in [-0.2, 0) is 11.3 Å². The lowest BCUT2D eigenvalue weighted by Crippen LogP contribution is -2.07. The van der Waals surface area contributed by atoms with Gasteiger partial charge in [-0.1, -0.05) is 12.1 Å². The molecule has 0 aliphatic rings. The van der Waals surface area contributed by atoms with Crippen LogP contribution in [0.2, 0.25) is 0 Å². The molecule has 0 radical (unpaired) electrons. The number of carbonyl (C=O) groups excluding carboxylic acids is 1. The minimum Gasteiger partial charge on any atom is -0.473 e. The molecule has 0 amide bonds. The molecule has 0 fully saturated rings. The van der Waals surface area contributed by atoms with Crippen molar-refractivity contribution in [1.82, 2.24) is 14.8 Å². The van der Waals surface area contributed by atoms with Crippen LogP contribution in [0, 0.1) is 11.3 Å². The Balaban J connectivity index is 1.81. The average molecular weight is 334 g/mol. The van der Waals surface area contributed by atoms with Crippen molar-refractivity contribution in [3.63, 3.8) is 0 Å². The molecule has 0 bridgehead atoms. The summed E-state index contributed by atoms with van der Waals surface area (Å²) < 4.78 is 12.0. The highest BCUT2D eigenvalue weighted by Crippen LogP contribution is 2.18. The van der Waals surface area contributed by atoms with Gasteiger partial charge in [-0.05, 0) is 29.8 Å². The molecular formula is C18H14N4O3. The lowest BCUT2D eigenvalue weighted by Gasteiger charge is -2.09. The highest BCUT2D eigenvalue weighted by molar-refractivity contribution is 5.89. The van der Waals surface area contributed by atoms with Crippen LogP contribution in [-0.4, -0.2) is 27.8 Å². The Bertz CT molecular complexity index is 943. The van der Waals surface area contributed by atoms with Gasteiger partial charge in [-0.2, -0.15) is 15.0 Å². The number of benzene rings is 1. The zero-order valence-corrected chi connectivity index (χ0v) is 13.4. The molecular weight excluding hydrogens is 320 g/mol. The van der Waals surface area contributed by atoms with E-state index in [9.17, 15) is 4.79 Å². The first-order chi connectivity index (χ1) is 12.2. The summed E-state index contributed by atoms with van der Waals surface area (Å²) in [6, 6.07) is 14.1. The third-order valence-electron chi connectivity index (χ3n) is 3.43. The van der Waals surface area contributed by atoms with E-state index in [-0.39, 0.29) is 6.61 Å². The largest absolute Gasteiger partial charge is 0.473 e. The van der Waals surface area contributed by atoms with Crippen LogP contribution in [0.5, 0.6) is 5.88 Å². The highest BCUT2D eigenvalue weighted by atomic mass is 16.5. The van der Waals surface area contributed by atoms with Crippen LogP contribution in [0.25, 0.3) is 5.82 Å². The number of rotatable bonds is 5. The smallest absolute Gasteiger partial charge is 0.338 e. The summed E-state index contributed by atoms with van der Waals surface area (Å²) >= 11 is 0. The van der Waals surface area contributed by atoms with Gasteiger partial charge >= 0.3 is 5.97 Å². The Hall–Kier alpha value is -3.66. The number of esters is 1. The maximum atomic E-state index is 11.7. The third kappa shape index (κ3) is 3.64. The number of hydrogen-bond donors (Lipinski definition) is 0. The van der Waals surface area contributed by atoms with Gasteiger partial charge in [0.1, 0.15) is 6.61 Å². The maximum Gasteiger partial charge on any atom is 0.338 e. The first-order valence-electron chi connectivity index (χ1n) is 7.42. The number of hydrogen-bond acceptors (Lipinski definition) is 6. The summed E-state index contributed by atoms with van der Waals surface area (Å²) in [5.74, 6) is 0.456. The van der Waals surface area contributed by atoms with Crippen LogP contribution in [0.1, 0.15) is 21.5 Å². The van der Waals surface area contributed by atoms with Crippen molar-refractivity contribution in [1.29, 1.82) is 5.26 Å². The van der Waals surface area contributed by atoms with E-state index in [0.29, 0.717) is 22.8 Å². The van der Waals surface area contributed by atoms with Crippen molar-refractivity contribution in [2.75, 3.05) is 7.11 Å². The zero-order valence-electron chi connectivity index (χ0n) is 13.4. The van der Waals surface area contributed by atoms with Crippen LogP contribution >= 0.6 is 0 Å². The van der Waals surface area contributed by atoms with Gasteiger partial charge < -0.3 is 9.47 Å². The van der Waals surface area contributed by atoms with Gasteiger partial charge in [-0.3, -0.25) is 0 Å². The summed E-state index contributed by atoms with van der Waals surface area (Å²) in [7, 11) is 1.32. The number of nitrogens with zero attached hydrogens (tertiary/aromatic N) is 4. The van der Waals surface area contributed by atoms with Crippen molar-refractivity contribution in [3.05, 3.63) is 71.5 Å². The molecule has 0 unspecified atom stereocenters. The molecule has 2 heterocycles. The van der Waals surface area contributed by atoms with Crippen LogP contribution in [0.3, 0.4) is 0 Å². The predicted octanol–water partition coefficient (Wildman–Crippen LogP) is 2.50. The quantitative estimate of drug-likeness (QED) is 0.666. The Morgan fingerprint density at radius 1 is 1.24 bits per heavy atom. The van der Waals surface area contributed by atoms with Crippen molar-refractivity contribution in [2.24, 2.45) is 0 Å². The molecule has 1 aromatic carbocycles. The number of aromatic nitrogens is 3. The standard InChI is InChI=1S/C18H14N4O3/c1-24-18(23)15-5-7-20-16(10-15)22-17(6-8-21-22)25-12-14-4-2-3-13(9-14)11-19/h2-10H,12H2,1H3. The fourth-order valence-electron chi connectivity index (χ4n) is 2.24. The van der Waals surface area contributed by atoms with E-state index in [4.69, 9.17) is 14.7 Å². The fraction of sp³-hybridized carbons (Fsp3) is 0.111. The molecule has 3 aromatic rings. The number of nitriles is 1. The predicted molar refractivity (Wildman–Crippen MR) is 88.2 cm³/mol. The number of carbonyl (C=O) groups is 1. The van der Waals surface area contributed by atoms with Gasteiger partial charge in [0, 0.05) is 12.3 Å². The van der Waals surface area contributed by atoms with Gasteiger partial charge in [-0.15, -0.1) is 0 Å². The van der Waals surface area contributed by atoms with E-state index in [1.807, 2.05) is 6.07 Å². The van der Waals surface area contributed by atoms with E-state index >= 15 is 0 Å². The van der Waals surface area contributed by atoms with Gasteiger partial charge in [0.2, 0.25) is 5.88 Å². The molecule has 3 rings (SSSR count). The molecule has 2 aromatic heterocycles. The SMILES string of the molecule is COC(=O)c1ccnc(-n2nccc2OCc2cccc(C#N)c2)c1. The van der Waals surface area contributed by atoms with E-state index in [2.05, 4.69) is 16.2 Å². The van der Waals surface area contributed by atoms with Gasteiger partial charge in [0.05, 0.1) is 30.5 Å². The first kappa shape index (κ1) is 16.2. The molecule has 25 heavy (non-hydrogen) atoms. The highest BCUT2D eigenvalue weighted by Gasteiger charge is 2.11. The number of ether oxygens (including phenoxy) is 2. The van der Waals surface area contributed by atoms with Crippen molar-refractivity contribution in [3.8, 4) is 17.8 Å². The summed E-state index contributed by atoms with van der Waals surface area (Å²) in [6.45, 7) is 0.276. The van der Waals surface area contributed by atoms with Gasteiger partial charge in [0.15, 0.2) is 5.82 Å². The summed E-state index contributed by atoms with van der Waals surface area (Å²) in [5.41, 5.74) is 1.81. The second-order valence-corrected chi connectivity index (χ2v) is 5.08. The van der Waals surface area contributed by atoms with E-state index in [0.717, 1.165) is 5.56 Å². The molecule has 7 heteroatoms. The Kier molecular flexibility index (Phi) is 4.72. The lowest BCUT2D eigenvalue weighted by molar-refractivity contribution is 0.0600. The molecule has 0 aliphatic heterocycles. The molecule has 124 valence electrons. The number of pyridine rings is 1. The molecule has 0 atom stereocenters. The molecule has 0 saturated heterocycles. The van der Waals surface area contributed by atoms with E-state index in [1.165, 1.54) is 18.0 Å². The topological polar surface area (TPSA) is 90.0 Å². The Labute approximate surface area is 144 Å². The minimum atomic E-state index is -0.452. The molecule has 7 nitrogen and oxygen atoms in total. The lowest BCUT2D eigenvalue weighted by atomic mass is 10.1. The monoisotopic (exact) mass is 334 g/mol. The summed E-state index contributed by atoms with van der Waals surface area (Å²) in [5, 5.41) is 13.1. The minimum absolute atomic E-state index is 0.276. The van der Waals surface area contributed by atoms with Crippen molar-refractivity contribution >= 4 is 5.97 Å². The average Bonchev–Trinajstić information content (AvgIpc) is 3.14. The molecule has 0 saturated carbocycles. The third-order valence-corrected chi connectivity index (χ3v) is 3.43. The van der Waals surface area contributed by atoms with Gasteiger partial charge in [0.25, 0.3) is 0 Å². The molecule has 0 aliphatic carbocycles. The van der Waals surface area contributed by atoms with Crippen LogP contribution < -0.4 is 4.74 Å². The zero-order chi connectivity index (χ0) is 17.6. The van der Waals surface area contributed by atoms with E-state index in [1.54, 1.807) is 42.6 Å². The summed E-state index contributed by atoms with van der Waals surface area (Å²) in [4.78, 5) is 15.9. The van der Waals surface area contributed by atoms with Crippen molar-refractivity contribution in [2.45, 2.75) is 6.61 Å². The summed E-state index contributed by atoms with van der Waals surface area (Å²) in [6.07, 6.45) is 3.08. The molecule has 0 N–H and O–H groups in total. The normalized spacial score (nSPS) is 10.1. The molecule has 0 spiro atoms. The Morgan fingerprint density at radius 3 is 2.92 bits per heavy atom.